The third kappa shape index (κ3) is 7.39. The minimum Gasteiger partial charge on any atom is -0.471 e. The van der Waals surface area contributed by atoms with Crippen molar-refractivity contribution in [2.24, 2.45) is 0 Å². The number of unbranched alkanes of at least 4 members (excludes halogenated alkanes) is 1. The zero-order chi connectivity index (χ0) is 26.2. The summed E-state index contributed by atoms with van der Waals surface area (Å²) in [6, 6.07) is 4.09. The Balaban J connectivity index is 1.32. The maximum Gasteiger partial charge on any atom is 0.346 e. The minimum atomic E-state index is -0.748. The monoisotopic (exact) mass is 533 g/mol. The highest BCUT2D eigenvalue weighted by molar-refractivity contribution is 7.11. The summed E-state index contributed by atoms with van der Waals surface area (Å²) in [5.41, 5.74) is 0.00657. The number of halogens is 1. The van der Waals surface area contributed by atoms with Crippen LogP contribution in [0, 0.1) is 5.82 Å². The lowest BCUT2D eigenvalue weighted by Gasteiger charge is -2.14. The van der Waals surface area contributed by atoms with Crippen molar-refractivity contribution in [2.45, 2.75) is 51.2 Å². The van der Waals surface area contributed by atoms with E-state index in [2.05, 4.69) is 25.2 Å². The molecule has 1 aromatic heterocycles. The molecule has 1 saturated heterocycles. The highest BCUT2D eigenvalue weighted by Crippen LogP contribution is 2.32. The van der Waals surface area contributed by atoms with Gasteiger partial charge in [-0.25, -0.2) is 14.0 Å². The number of likely N-dealkylation sites (tertiary alicyclic amines) is 1. The number of urea groups is 1. The Hall–Kier alpha value is -3.25. The van der Waals surface area contributed by atoms with Gasteiger partial charge in [-0.15, -0.1) is 0 Å². The number of methoxy groups -OCH3 is 1. The molecule has 0 unspecified atom stereocenters. The molecule has 0 spiro atoms. The molecule has 1 saturated carbocycles. The molecule has 2 heterocycles. The normalized spacial score (nSPS) is 15.3. The second-order valence-corrected chi connectivity index (χ2v) is 9.91. The molecule has 12 heteroatoms. The second kappa shape index (κ2) is 12.8. The number of carbonyl (C=O) groups is 3. The van der Waals surface area contributed by atoms with E-state index in [1.807, 2.05) is 0 Å². The largest absolute Gasteiger partial charge is 0.471 e. The van der Waals surface area contributed by atoms with Crippen LogP contribution in [0.2, 0.25) is 0 Å². The van der Waals surface area contributed by atoms with Gasteiger partial charge >= 0.3 is 12.0 Å². The number of carbonyl (C=O) groups excluding carboxylic acids is 3. The van der Waals surface area contributed by atoms with Gasteiger partial charge in [-0.05, 0) is 75.8 Å². The number of ether oxygens (including phenoxy) is 2. The number of hydrogen-bond acceptors (Lipinski definition) is 8. The lowest BCUT2D eigenvalue weighted by molar-refractivity contribution is 0.0596. The van der Waals surface area contributed by atoms with Crippen molar-refractivity contribution in [2.75, 3.05) is 38.6 Å². The lowest BCUT2D eigenvalue weighted by atomic mass is 10.1. The molecule has 0 radical (unpaired) electrons. The first-order valence-electron chi connectivity index (χ1n) is 12.5. The Morgan fingerprint density at radius 3 is 2.70 bits per heavy atom. The number of hydrogen-bond donors (Lipinski definition) is 3. The van der Waals surface area contributed by atoms with Gasteiger partial charge < -0.3 is 25.0 Å². The number of aromatic nitrogens is 1. The van der Waals surface area contributed by atoms with Gasteiger partial charge in [0.1, 0.15) is 17.4 Å². The number of amides is 3. The smallest absolute Gasteiger partial charge is 0.346 e. The van der Waals surface area contributed by atoms with Crippen LogP contribution < -0.4 is 20.7 Å². The Kier molecular flexibility index (Phi) is 9.29. The molecule has 0 bridgehead atoms. The van der Waals surface area contributed by atoms with Gasteiger partial charge in [0.05, 0.1) is 12.7 Å². The molecule has 200 valence electrons. The molecule has 3 N–H and O–H groups in total. The number of nitrogens with zero attached hydrogens (tertiary/aromatic N) is 2. The summed E-state index contributed by atoms with van der Waals surface area (Å²) in [7, 11) is 1.20. The van der Waals surface area contributed by atoms with Crippen LogP contribution in [0.4, 0.5) is 14.2 Å². The van der Waals surface area contributed by atoms with E-state index in [0.717, 1.165) is 56.9 Å². The van der Waals surface area contributed by atoms with Crippen LogP contribution in [-0.2, 0) is 11.3 Å². The standard InChI is InChI=1S/C25H32FN5O5S/c1-35-24(33)19-22(36-15-16-7-6-8-18(20(16)26)21(32)28-17-9-10-17)30-37-23(19)29-25(34)27-11-2-3-12-31-13-4-5-14-31/h6-8,17H,2-5,9-15H2,1H3,(H,28,32)(H2,27,29,34). The molecule has 1 aromatic carbocycles. The molecule has 1 aliphatic heterocycles. The first-order valence-corrected chi connectivity index (χ1v) is 13.3. The van der Waals surface area contributed by atoms with Gasteiger partial charge in [-0.2, -0.15) is 4.37 Å². The first-order chi connectivity index (χ1) is 18.0. The summed E-state index contributed by atoms with van der Waals surface area (Å²) in [4.78, 5) is 39.5. The Labute approximate surface area is 219 Å². The third-order valence-electron chi connectivity index (χ3n) is 6.26. The van der Waals surface area contributed by atoms with Gasteiger partial charge in [-0.1, -0.05) is 12.1 Å². The van der Waals surface area contributed by atoms with Crippen molar-refractivity contribution in [3.63, 3.8) is 0 Å². The average Bonchev–Trinajstić information content (AvgIpc) is 3.38. The van der Waals surface area contributed by atoms with Gasteiger partial charge in [0.2, 0.25) is 5.88 Å². The van der Waals surface area contributed by atoms with Crippen molar-refractivity contribution in [3.05, 3.63) is 40.7 Å². The summed E-state index contributed by atoms with van der Waals surface area (Å²) in [5.74, 6) is -2.01. The summed E-state index contributed by atoms with van der Waals surface area (Å²) in [6.07, 6.45) is 6.12. The predicted molar refractivity (Wildman–Crippen MR) is 137 cm³/mol. The van der Waals surface area contributed by atoms with Crippen molar-refractivity contribution in [1.82, 2.24) is 19.9 Å². The Morgan fingerprint density at radius 1 is 1.19 bits per heavy atom. The van der Waals surface area contributed by atoms with Crippen LogP contribution in [0.5, 0.6) is 5.88 Å². The minimum absolute atomic E-state index is 0.0558. The number of anilines is 1. The van der Waals surface area contributed by atoms with E-state index < -0.39 is 23.7 Å². The molecule has 0 atom stereocenters. The first kappa shape index (κ1) is 26.8. The van der Waals surface area contributed by atoms with Crippen LogP contribution in [0.25, 0.3) is 0 Å². The topological polar surface area (TPSA) is 122 Å². The second-order valence-electron chi connectivity index (χ2n) is 9.14. The fourth-order valence-electron chi connectivity index (χ4n) is 4.06. The highest BCUT2D eigenvalue weighted by atomic mass is 32.1. The van der Waals surface area contributed by atoms with Crippen molar-refractivity contribution < 1.29 is 28.2 Å². The van der Waals surface area contributed by atoms with Gasteiger partial charge in [0.25, 0.3) is 5.91 Å². The van der Waals surface area contributed by atoms with E-state index in [9.17, 15) is 18.8 Å². The van der Waals surface area contributed by atoms with Gasteiger partial charge in [0.15, 0.2) is 5.56 Å². The van der Waals surface area contributed by atoms with Crippen LogP contribution in [-0.4, -0.2) is 66.5 Å². The van der Waals surface area contributed by atoms with Crippen LogP contribution in [0.15, 0.2) is 18.2 Å². The molecule has 10 nitrogen and oxygen atoms in total. The zero-order valence-electron chi connectivity index (χ0n) is 20.8. The van der Waals surface area contributed by atoms with E-state index in [-0.39, 0.29) is 40.2 Å². The van der Waals surface area contributed by atoms with Gasteiger partial charge in [-0.3, -0.25) is 10.1 Å². The molecule has 2 aromatic rings. The predicted octanol–water partition coefficient (Wildman–Crippen LogP) is 3.54. The average molecular weight is 534 g/mol. The molecular weight excluding hydrogens is 501 g/mol. The van der Waals surface area contributed by atoms with E-state index in [1.54, 1.807) is 6.07 Å². The van der Waals surface area contributed by atoms with E-state index in [4.69, 9.17) is 9.47 Å². The molecule has 2 aliphatic rings. The van der Waals surface area contributed by atoms with Crippen LogP contribution >= 0.6 is 11.5 Å². The Bertz CT molecular complexity index is 1120. The van der Waals surface area contributed by atoms with Gasteiger partial charge in [0, 0.05) is 18.2 Å². The molecule has 1 aliphatic carbocycles. The zero-order valence-corrected chi connectivity index (χ0v) is 21.6. The SMILES string of the molecule is COC(=O)c1c(OCc2cccc(C(=O)NC3CC3)c2F)nsc1NC(=O)NCCCCN1CCCC1. The van der Waals surface area contributed by atoms with E-state index in [0.29, 0.717) is 6.54 Å². The molecular formula is C25H32FN5O5S. The fraction of sp³-hybridized carbons (Fsp3) is 0.520. The van der Waals surface area contributed by atoms with Crippen molar-refractivity contribution in [3.8, 4) is 5.88 Å². The maximum atomic E-state index is 14.9. The quantitative estimate of drug-likeness (QED) is 0.282. The molecule has 37 heavy (non-hydrogen) atoms. The van der Waals surface area contributed by atoms with E-state index >= 15 is 0 Å². The highest BCUT2D eigenvalue weighted by Gasteiger charge is 2.27. The van der Waals surface area contributed by atoms with Crippen LogP contribution in [0.1, 0.15) is 64.8 Å². The Morgan fingerprint density at radius 2 is 1.97 bits per heavy atom. The number of benzene rings is 1. The molecule has 4 rings (SSSR count). The summed E-state index contributed by atoms with van der Waals surface area (Å²) < 4.78 is 29.5. The summed E-state index contributed by atoms with van der Waals surface area (Å²) >= 11 is 0.858. The number of nitrogens with one attached hydrogen (secondary N) is 3. The lowest BCUT2D eigenvalue weighted by Crippen LogP contribution is -2.30. The van der Waals surface area contributed by atoms with Crippen molar-refractivity contribution >= 4 is 34.4 Å². The molecule has 3 amide bonds. The summed E-state index contributed by atoms with van der Waals surface area (Å²) in [5, 5.41) is 8.32. The van der Waals surface area contributed by atoms with Crippen LogP contribution in [0.3, 0.4) is 0 Å². The number of rotatable bonds is 12. The fourth-order valence-corrected chi connectivity index (χ4v) is 4.78. The summed E-state index contributed by atoms with van der Waals surface area (Å²) in [6.45, 7) is 3.55. The van der Waals surface area contributed by atoms with E-state index in [1.165, 1.54) is 32.1 Å². The number of esters is 1. The third-order valence-corrected chi connectivity index (χ3v) is 7.01. The van der Waals surface area contributed by atoms with Crippen molar-refractivity contribution in [1.29, 1.82) is 0 Å². The molecule has 2 fully saturated rings. The maximum absolute atomic E-state index is 14.9.